The van der Waals surface area contributed by atoms with Crippen LogP contribution in [0.3, 0.4) is 0 Å². The highest BCUT2D eigenvalue weighted by Crippen LogP contribution is 2.26. The van der Waals surface area contributed by atoms with Crippen molar-refractivity contribution in [2.45, 2.75) is 39.7 Å². The molecule has 0 spiro atoms. The van der Waals surface area contributed by atoms with E-state index in [-0.39, 0.29) is 11.0 Å². The van der Waals surface area contributed by atoms with Crippen LogP contribution >= 0.6 is 0 Å². The molecule has 0 aliphatic carbocycles. The number of fused-ring (bicyclic) bond motifs is 4. The average Bonchev–Trinajstić information content (AvgIpc) is 3.13. The number of aryl methyl sites for hydroxylation is 1. The second kappa shape index (κ2) is 8.70. The van der Waals surface area contributed by atoms with Crippen molar-refractivity contribution in [3.63, 3.8) is 0 Å². The Bertz CT molecular complexity index is 1640. The summed E-state index contributed by atoms with van der Waals surface area (Å²) in [6.45, 7) is 9.18. The maximum absolute atomic E-state index is 13.6. The SMILES string of the molecule is COCCn1c(C)nc2c(c1=O)c1nc3ccccc3nc1n2/N=C/c1ccc(C(C)(C)C)cc1. The highest BCUT2D eigenvalue weighted by Gasteiger charge is 2.21. The number of aromatic nitrogens is 5. The predicted octanol–water partition coefficient (Wildman–Crippen LogP) is 4.43. The molecule has 0 saturated heterocycles. The summed E-state index contributed by atoms with van der Waals surface area (Å²) < 4.78 is 8.43. The van der Waals surface area contributed by atoms with Gasteiger partial charge in [-0.25, -0.2) is 15.0 Å². The van der Waals surface area contributed by atoms with E-state index in [1.807, 2.05) is 43.3 Å². The molecule has 0 N–H and O–H groups in total. The Kier molecular flexibility index (Phi) is 5.68. The standard InChI is InChI=1S/C27H28N6O2/c1-17-29-24-22(26(34)32(17)14-15-35-5)23-25(31-21-9-7-6-8-20(21)30-23)33(24)28-16-18-10-12-19(13-11-18)27(2,3)4/h6-13,16H,14-15H2,1-5H3/b28-16+. The minimum Gasteiger partial charge on any atom is -0.383 e. The van der Waals surface area contributed by atoms with Gasteiger partial charge in [-0.15, -0.1) is 0 Å². The van der Waals surface area contributed by atoms with Crippen molar-refractivity contribution >= 4 is 39.4 Å². The second-order valence-corrected chi connectivity index (χ2v) is 9.62. The van der Waals surface area contributed by atoms with Crippen molar-refractivity contribution in [1.82, 2.24) is 24.2 Å². The van der Waals surface area contributed by atoms with Crippen molar-refractivity contribution in [1.29, 1.82) is 0 Å². The number of benzene rings is 2. The number of hydrogen-bond acceptors (Lipinski definition) is 6. The van der Waals surface area contributed by atoms with Gasteiger partial charge in [-0.2, -0.15) is 9.78 Å². The average molecular weight is 469 g/mol. The summed E-state index contributed by atoms with van der Waals surface area (Å²) in [6, 6.07) is 15.9. The van der Waals surface area contributed by atoms with Gasteiger partial charge in [0.15, 0.2) is 11.3 Å². The number of ether oxygens (including phenoxy) is 1. The van der Waals surface area contributed by atoms with Gasteiger partial charge in [0.1, 0.15) is 16.7 Å². The van der Waals surface area contributed by atoms with Gasteiger partial charge in [0.05, 0.1) is 30.4 Å². The second-order valence-electron chi connectivity index (χ2n) is 9.62. The molecular weight excluding hydrogens is 440 g/mol. The molecule has 0 amide bonds. The first kappa shape index (κ1) is 22.9. The van der Waals surface area contributed by atoms with Crippen molar-refractivity contribution in [2.75, 3.05) is 13.7 Å². The first-order valence-electron chi connectivity index (χ1n) is 11.6. The van der Waals surface area contributed by atoms with Crippen LogP contribution in [0.25, 0.3) is 33.2 Å². The van der Waals surface area contributed by atoms with Gasteiger partial charge in [0, 0.05) is 7.11 Å². The molecule has 3 heterocycles. The first-order valence-corrected chi connectivity index (χ1v) is 11.6. The molecule has 0 saturated carbocycles. The Balaban J connectivity index is 1.74. The van der Waals surface area contributed by atoms with E-state index >= 15 is 0 Å². The molecule has 8 nitrogen and oxygen atoms in total. The molecule has 0 unspecified atom stereocenters. The van der Waals surface area contributed by atoms with Crippen molar-refractivity contribution in [2.24, 2.45) is 5.10 Å². The maximum atomic E-state index is 13.6. The van der Waals surface area contributed by atoms with Gasteiger partial charge in [-0.05, 0) is 35.6 Å². The van der Waals surface area contributed by atoms with Crippen LogP contribution in [0.5, 0.6) is 0 Å². The Morgan fingerprint density at radius 3 is 2.31 bits per heavy atom. The largest absolute Gasteiger partial charge is 0.383 e. The van der Waals surface area contributed by atoms with Crippen LogP contribution in [0.15, 0.2) is 58.4 Å². The van der Waals surface area contributed by atoms with E-state index in [1.165, 1.54) is 5.56 Å². The van der Waals surface area contributed by atoms with Crippen molar-refractivity contribution in [3.05, 3.63) is 75.8 Å². The fourth-order valence-electron chi connectivity index (χ4n) is 4.16. The van der Waals surface area contributed by atoms with Crippen LogP contribution < -0.4 is 5.56 Å². The van der Waals surface area contributed by atoms with E-state index in [1.54, 1.807) is 22.6 Å². The Morgan fingerprint density at radius 2 is 1.66 bits per heavy atom. The number of rotatable bonds is 5. The third-order valence-corrected chi connectivity index (χ3v) is 6.15. The summed E-state index contributed by atoms with van der Waals surface area (Å²) in [4.78, 5) is 27.9. The number of nitrogens with zero attached hydrogens (tertiary/aromatic N) is 6. The summed E-state index contributed by atoms with van der Waals surface area (Å²) in [5.74, 6) is 0.581. The lowest BCUT2D eigenvalue weighted by Crippen LogP contribution is -2.25. The molecule has 0 bridgehead atoms. The van der Waals surface area contributed by atoms with Gasteiger partial charge in [-0.1, -0.05) is 57.2 Å². The minimum absolute atomic E-state index is 0.0727. The molecular formula is C27H28N6O2. The topological polar surface area (TPSA) is 87.2 Å². The Hall–Kier alpha value is -3.91. The van der Waals surface area contributed by atoms with Gasteiger partial charge >= 0.3 is 0 Å². The van der Waals surface area contributed by atoms with Crippen LogP contribution in [-0.4, -0.2) is 44.1 Å². The molecule has 2 aromatic carbocycles. The fourth-order valence-corrected chi connectivity index (χ4v) is 4.16. The minimum atomic E-state index is -0.178. The van der Waals surface area contributed by atoms with E-state index in [0.29, 0.717) is 46.7 Å². The third kappa shape index (κ3) is 4.10. The van der Waals surface area contributed by atoms with Crippen LogP contribution in [-0.2, 0) is 16.7 Å². The molecule has 0 atom stereocenters. The fraction of sp³-hybridized carbons (Fsp3) is 0.296. The molecule has 0 radical (unpaired) electrons. The summed E-state index contributed by atoms with van der Waals surface area (Å²) in [5, 5.41) is 5.12. The molecule has 5 rings (SSSR count). The Labute approximate surface area is 202 Å². The van der Waals surface area contributed by atoms with Crippen LogP contribution in [0.2, 0.25) is 0 Å². The van der Waals surface area contributed by atoms with Gasteiger partial charge in [-0.3, -0.25) is 9.36 Å². The van der Waals surface area contributed by atoms with E-state index in [0.717, 1.165) is 11.1 Å². The third-order valence-electron chi connectivity index (χ3n) is 6.15. The summed E-state index contributed by atoms with van der Waals surface area (Å²) >= 11 is 0. The molecule has 5 aromatic rings. The summed E-state index contributed by atoms with van der Waals surface area (Å²) in [7, 11) is 1.61. The lowest BCUT2D eigenvalue weighted by atomic mass is 9.87. The lowest BCUT2D eigenvalue weighted by molar-refractivity contribution is 0.185. The molecule has 35 heavy (non-hydrogen) atoms. The van der Waals surface area contributed by atoms with E-state index in [9.17, 15) is 4.79 Å². The smallest absolute Gasteiger partial charge is 0.265 e. The molecule has 0 fully saturated rings. The monoisotopic (exact) mass is 468 g/mol. The predicted molar refractivity (Wildman–Crippen MR) is 139 cm³/mol. The molecule has 0 aliphatic rings. The zero-order chi connectivity index (χ0) is 24.7. The zero-order valence-electron chi connectivity index (χ0n) is 20.6. The van der Waals surface area contributed by atoms with Gasteiger partial charge in [0.2, 0.25) is 0 Å². The van der Waals surface area contributed by atoms with Gasteiger partial charge in [0.25, 0.3) is 5.56 Å². The molecule has 8 heteroatoms. The highest BCUT2D eigenvalue weighted by molar-refractivity contribution is 6.05. The summed E-state index contributed by atoms with van der Waals surface area (Å²) in [6.07, 6.45) is 1.76. The van der Waals surface area contributed by atoms with E-state index in [2.05, 4.69) is 32.9 Å². The maximum Gasteiger partial charge on any atom is 0.265 e. The normalized spacial score (nSPS) is 12.5. The lowest BCUT2D eigenvalue weighted by Gasteiger charge is -2.18. The van der Waals surface area contributed by atoms with E-state index in [4.69, 9.17) is 24.8 Å². The molecule has 3 aromatic heterocycles. The number of methoxy groups -OCH3 is 1. The van der Waals surface area contributed by atoms with Gasteiger partial charge < -0.3 is 4.74 Å². The van der Waals surface area contributed by atoms with Crippen molar-refractivity contribution < 1.29 is 4.74 Å². The zero-order valence-corrected chi connectivity index (χ0v) is 20.6. The number of para-hydroxylation sites is 2. The summed E-state index contributed by atoms with van der Waals surface area (Å²) in [5.41, 5.74) is 4.94. The van der Waals surface area contributed by atoms with Crippen LogP contribution in [0, 0.1) is 6.92 Å². The first-order chi connectivity index (χ1) is 16.8. The molecule has 178 valence electrons. The molecule has 0 aliphatic heterocycles. The highest BCUT2D eigenvalue weighted by atomic mass is 16.5. The Morgan fingerprint density at radius 1 is 0.971 bits per heavy atom. The van der Waals surface area contributed by atoms with Crippen LogP contribution in [0.4, 0.5) is 0 Å². The number of hydrogen-bond donors (Lipinski definition) is 0. The van der Waals surface area contributed by atoms with Crippen molar-refractivity contribution in [3.8, 4) is 0 Å². The van der Waals surface area contributed by atoms with E-state index < -0.39 is 0 Å². The quantitative estimate of drug-likeness (QED) is 0.356. The van der Waals surface area contributed by atoms with Crippen LogP contribution in [0.1, 0.15) is 37.7 Å².